The summed E-state index contributed by atoms with van der Waals surface area (Å²) in [6.07, 6.45) is 1.14. The zero-order valence-electron chi connectivity index (χ0n) is 15.8. The number of aryl methyl sites for hydroxylation is 1. The highest BCUT2D eigenvalue weighted by molar-refractivity contribution is 6.29. The molecule has 0 spiro atoms. The van der Waals surface area contributed by atoms with Gasteiger partial charge in [0.15, 0.2) is 5.82 Å². The number of hydrogen-bond donors (Lipinski definition) is 1. The van der Waals surface area contributed by atoms with Crippen molar-refractivity contribution < 1.29 is 18.7 Å². The summed E-state index contributed by atoms with van der Waals surface area (Å²) in [5.74, 6) is -0.0496. The average molecular weight is 396 g/mol. The van der Waals surface area contributed by atoms with Gasteiger partial charge in [-0.15, -0.1) is 0 Å². The van der Waals surface area contributed by atoms with E-state index in [4.69, 9.17) is 26.8 Å². The first-order valence-electron chi connectivity index (χ1n) is 8.50. The Hall–Kier alpha value is -2.41. The quantitative estimate of drug-likeness (QED) is 0.696. The minimum atomic E-state index is -0.930. The number of halogens is 2. The summed E-state index contributed by atoms with van der Waals surface area (Å²) in [6, 6.07) is 4.41. The van der Waals surface area contributed by atoms with Crippen LogP contribution in [-0.4, -0.2) is 28.3 Å². The van der Waals surface area contributed by atoms with E-state index in [9.17, 15) is 9.18 Å². The van der Waals surface area contributed by atoms with Gasteiger partial charge < -0.3 is 15.2 Å². The summed E-state index contributed by atoms with van der Waals surface area (Å²) in [5.41, 5.74) is 5.40. The van der Waals surface area contributed by atoms with E-state index >= 15 is 0 Å². The fraction of sp³-hybridized carbons (Fsp3) is 0.421. The van der Waals surface area contributed by atoms with Crippen LogP contribution < -0.4 is 10.5 Å². The van der Waals surface area contributed by atoms with Crippen LogP contribution in [0.2, 0.25) is 5.15 Å². The van der Waals surface area contributed by atoms with Gasteiger partial charge in [0.05, 0.1) is 5.69 Å². The molecular weight excluding hydrogens is 373 g/mol. The summed E-state index contributed by atoms with van der Waals surface area (Å²) < 4.78 is 25.5. The lowest BCUT2D eigenvalue weighted by Crippen LogP contribution is -2.41. The normalized spacial score (nSPS) is 13.3. The second-order valence-corrected chi connectivity index (χ2v) is 7.41. The third kappa shape index (κ3) is 5.79. The molecular formula is C19H23ClFN3O3. The van der Waals surface area contributed by atoms with Crippen molar-refractivity contribution in [2.24, 2.45) is 11.7 Å². The summed E-state index contributed by atoms with van der Waals surface area (Å²) in [7, 11) is 0. The Morgan fingerprint density at radius 3 is 2.70 bits per heavy atom. The molecule has 0 bridgehead atoms. The van der Waals surface area contributed by atoms with Crippen LogP contribution in [0.1, 0.15) is 32.9 Å². The van der Waals surface area contributed by atoms with Crippen molar-refractivity contribution in [1.82, 2.24) is 9.97 Å². The molecule has 2 rings (SSSR count). The molecule has 0 aliphatic heterocycles. The number of aromatic nitrogens is 2. The van der Waals surface area contributed by atoms with E-state index in [-0.39, 0.29) is 29.1 Å². The van der Waals surface area contributed by atoms with Crippen molar-refractivity contribution in [1.29, 1.82) is 0 Å². The fourth-order valence-electron chi connectivity index (χ4n) is 2.93. The standard InChI is InChI=1S/C19H23ClFN3O3/c1-11(2)9-19(4,27-18(22)25)10-26-15-8-14(21)17(24-12(15)3)13-5-6-23-16(20)7-13/h5-8,11H,9-10H2,1-4H3,(H2,22,25)/t19-/m0/s1. The van der Waals surface area contributed by atoms with E-state index in [1.165, 1.54) is 18.3 Å². The molecule has 2 aromatic heterocycles. The number of pyridine rings is 2. The van der Waals surface area contributed by atoms with Gasteiger partial charge in [0.25, 0.3) is 0 Å². The Labute approximate surface area is 162 Å². The molecule has 0 saturated heterocycles. The molecule has 0 aliphatic carbocycles. The lowest BCUT2D eigenvalue weighted by molar-refractivity contribution is -0.0189. The Balaban J connectivity index is 2.24. The van der Waals surface area contributed by atoms with E-state index in [1.54, 1.807) is 19.9 Å². The molecule has 0 unspecified atom stereocenters. The van der Waals surface area contributed by atoms with Crippen LogP contribution in [0, 0.1) is 18.7 Å². The molecule has 2 aromatic rings. The third-order valence-corrected chi connectivity index (χ3v) is 4.05. The number of rotatable bonds is 7. The van der Waals surface area contributed by atoms with E-state index in [1.807, 2.05) is 13.8 Å². The molecule has 2 heterocycles. The number of nitrogens with zero attached hydrogens (tertiary/aromatic N) is 2. The van der Waals surface area contributed by atoms with Crippen LogP contribution in [0.3, 0.4) is 0 Å². The number of amides is 1. The summed E-state index contributed by atoms with van der Waals surface area (Å²) >= 11 is 5.86. The molecule has 8 heteroatoms. The van der Waals surface area contributed by atoms with Gasteiger partial charge in [-0.05, 0) is 38.3 Å². The maximum absolute atomic E-state index is 14.6. The van der Waals surface area contributed by atoms with Crippen molar-refractivity contribution in [2.75, 3.05) is 6.61 Å². The second-order valence-electron chi connectivity index (χ2n) is 7.03. The van der Waals surface area contributed by atoms with Crippen LogP contribution >= 0.6 is 11.6 Å². The molecule has 0 aromatic carbocycles. The number of ether oxygens (including phenoxy) is 2. The largest absolute Gasteiger partial charge is 0.487 e. The summed E-state index contributed by atoms with van der Waals surface area (Å²) in [5, 5.41) is 0.250. The average Bonchev–Trinajstić information content (AvgIpc) is 2.53. The van der Waals surface area contributed by atoms with Crippen LogP contribution in [-0.2, 0) is 4.74 Å². The first kappa shape index (κ1) is 20.9. The van der Waals surface area contributed by atoms with E-state index < -0.39 is 17.5 Å². The van der Waals surface area contributed by atoms with Crippen LogP contribution in [0.4, 0.5) is 9.18 Å². The van der Waals surface area contributed by atoms with E-state index in [0.717, 1.165) is 0 Å². The van der Waals surface area contributed by atoms with Crippen LogP contribution in [0.25, 0.3) is 11.3 Å². The van der Waals surface area contributed by atoms with Gasteiger partial charge in [-0.25, -0.2) is 19.2 Å². The van der Waals surface area contributed by atoms with Gasteiger partial charge in [0, 0.05) is 17.8 Å². The number of nitrogens with two attached hydrogens (primary N) is 1. The minimum Gasteiger partial charge on any atom is -0.487 e. The molecule has 146 valence electrons. The minimum absolute atomic E-state index is 0.0243. The highest BCUT2D eigenvalue weighted by Gasteiger charge is 2.31. The Morgan fingerprint density at radius 1 is 1.41 bits per heavy atom. The zero-order valence-corrected chi connectivity index (χ0v) is 16.5. The Morgan fingerprint density at radius 2 is 2.11 bits per heavy atom. The monoisotopic (exact) mass is 395 g/mol. The van der Waals surface area contributed by atoms with Crippen molar-refractivity contribution >= 4 is 17.7 Å². The third-order valence-electron chi connectivity index (χ3n) is 3.84. The smallest absolute Gasteiger partial charge is 0.405 e. The lowest BCUT2D eigenvalue weighted by atomic mass is 9.95. The first-order chi connectivity index (χ1) is 12.6. The number of carbonyl (C=O) groups is 1. The van der Waals surface area contributed by atoms with Crippen molar-refractivity contribution in [3.63, 3.8) is 0 Å². The topological polar surface area (TPSA) is 87.3 Å². The van der Waals surface area contributed by atoms with Gasteiger partial charge in [-0.1, -0.05) is 25.4 Å². The van der Waals surface area contributed by atoms with Crippen LogP contribution in [0.15, 0.2) is 24.4 Å². The summed E-state index contributed by atoms with van der Waals surface area (Å²) in [4.78, 5) is 19.4. The molecule has 0 saturated carbocycles. The maximum Gasteiger partial charge on any atom is 0.405 e. The molecule has 1 atom stereocenters. The van der Waals surface area contributed by atoms with Gasteiger partial charge >= 0.3 is 6.09 Å². The highest BCUT2D eigenvalue weighted by atomic mass is 35.5. The number of hydrogen-bond acceptors (Lipinski definition) is 5. The zero-order chi connectivity index (χ0) is 20.2. The predicted octanol–water partition coefficient (Wildman–Crippen LogP) is 4.52. The highest BCUT2D eigenvalue weighted by Crippen LogP contribution is 2.29. The van der Waals surface area contributed by atoms with Gasteiger partial charge in [-0.3, -0.25) is 0 Å². The number of carbonyl (C=O) groups excluding carboxylic acids is 1. The van der Waals surface area contributed by atoms with Gasteiger partial charge in [0.2, 0.25) is 0 Å². The second kappa shape index (κ2) is 8.52. The molecule has 0 aliphatic rings. The van der Waals surface area contributed by atoms with Crippen molar-refractivity contribution in [3.05, 3.63) is 41.1 Å². The van der Waals surface area contributed by atoms with E-state index in [0.29, 0.717) is 17.7 Å². The molecule has 0 radical (unpaired) electrons. The maximum atomic E-state index is 14.6. The van der Waals surface area contributed by atoms with Crippen molar-refractivity contribution in [2.45, 2.75) is 39.7 Å². The lowest BCUT2D eigenvalue weighted by Gasteiger charge is -2.30. The number of primary amides is 1. The Kier molecular flexibility index (Phi) is 6.59. The van der Waals surface area contributed by atoms with Gasteiger partial charge in [-0.2, -0.15) is 0 Å². The molecule has 27 heavy (non-hydrogen) atoms. The van der Waals surface area contributed by atoms with Gasteiger partial charge in [0.1, 0.15) is 28.8 Å². The van der Waals surface area contributed by atoms with E-state index in [2.05, 4.69) is 9.97 Å². The fourth-order valence-corrected chi connectivity index (χ4v) is 3.10. The predicted molar refractivity (Wildman–Crippen MR) is 101 cm³/mol. The van der Waals surface area contributed by atoms with Crippen LogP contribution in [0.5, 0.6) is 5.75 Å². The molecule has 6 nitrogen and oxygen atoms in total. The first-order valence-corrected chi connectivity index (χ1v) is 8.88. The molecule has 1 amide bonds. The molecule has 2 N–H and O–H groups in total. The van der Waals surface area contributed by atoms with Crippen molar-refractivity contribution in [3.8, 4) is 17.0 Å². The summed E-state index contributed by atoms with van der Waals surface area (Å²) in [6.45, 7) is 7.43. The molecule has 0 fully saturated rings. The Bertz CT molecular complexity index is 832. The SMILES string of the molecule is Cc1nc(-c2ccnc(Cl)c2)c(F)cc1OC[C@](C)(CC(C)C)OC(N)=O.